The summed E-state index contributed by atoms with van der Waals surface area (Å²) in [5, 5.41) is 15.9. The first-order chi connectivity index (χ1) is 9.65. The fourth-order valence-corrected chi connectivity index (χ4v) is 2.53. The van der Waals surface area contributed by atoms with Crippen LogP contribution < -0.4 is 10.2 Å². The summed E-state index contributed by atoms with van der Waals surface area (Å²) in [4.78, 5) is 24.7. The molecule has 0 aliphatic carbocycles. The molecule has 8 heteroatoms. The quantitative estimate of drug-likeness (QED) is 0.879. The molecule has 102 valence electrons. The number of hydrogen-bond donors (Lipinski definition) is 2. The molecule has 7 nitrogen and oxygen atoms in total. The number of benzene rings is 1. The number of anilines is 2. The number of amides is 2. The lowest BCUT2D eigenvalue weighted by Crippen LogP contribution is -2.33. The van der Waals surface area contributed by atoms with E-state index in [9.17, 15) is 9.59 Å². The van der Waals surface area contributed by atoms with Gasteiger partial charge in [0.2, 0.25) is 0 Å². The van der Waals surface area contributed by atoms with Crippen molar-refractivity contribution in [1.29, 1.82) is 0 Å². The van der Waals surface area contributed by atoms with Gasteiger partial charge in [-0.1, -0.05) is 10.6 Å². The molecular weight excluding hydrogens is 280 g/mol. The van der Waals surface area contributed by atoms with Crippen molar-refractivity contribution in [3.05, 3.63) is 35.5 Å². The van der Waals surface area contributed by atoms with Crippen molar-refractivity contribution in [2.45, 2.75) is 6.42 Å². The van der Waals surface area contributed by atoms with Crippen molar-refractivity contribution >= 4 is 34.2 Å². The molecule has 1 aliphatic rings. The molecule has 0 bridgehead atoms. The molecule has 1 aromatic heterocycles. The first kappa shape index (κ1) is 12.5. The number of hydrogen-bond acceptors (Lipinski definition) is 5. The van der Waals surface area contributed by atoms with Crippen molar-refractivity contribution in [3.8, 4) is 0 Å². The Hall–Kier alpha value is -2.48. The molecule has 2 N–H and O–H groups in total. The van der Waals surface area contributed by atoms with Gasteiger partial charge in [-0.15, -0.1) is 5.10 Å². The molecule has 2 heterocycles. The van der Waals surface area contributed by atoms with Gasteiger partial charge in [0.05, 0.1) is 11.8 Å². The molecule has 2 amide bonds. The Balaban J connectivity index is 1.86. The lowest BCUT2D eigenvalue weighted by molar-refractivity contribution is 0.0697. The second-order valence-corrected chi connectivity index (χ2v) is 5.05. The fraction of sp³-hybridized carbons (Fsp3) is 0.167. The number of urea groups is 1. The van der Waals surface area contributed by atoms with Crippen LogP contribution in [-0.4, -0.2) is 33.2 Å². The molecule has 0 saturated heterocycles. The van der Waals surface area contributed by atoms with Crippen LogP contribution >= 0.6 is 11.5 Å². The Morgan fingerprint density at radius 1 is 1.40 bits per heavy atom. The molecule has 0 radical (unpaired) electrons. The highest BCUT2D eigenvalue weighted by Gasteiger charge is 2.26. The molecule has 1 aliphatic heterocycles. The number of carbonyl (C=O) groups excluding carboxylic acids is 1. The molecule has 0 saturated carbocycles. The Kier molecular flexibility index (Phi) is 3.07. The van der Waals surface area contributed by atoms with E-state index in [-0.39, 0.29) is 11.6 Å². The number of nitrogens with one attached hydrogen (secondary N) is 1. The Morgan fingerprint density at radius 2 is 2.25 bits per heavy atom. The van der Waals surface area contributed by atoms with Crippen molar-refractivity contribution in [2.24, 2.45) is 0 Å². The number of rotatable bonds is 2. The first-order valence-electron chi connectivity index (χ1n) is 5.87. The predicted molar refractivity (Wildman–Crippen MR) is 73.4 cm³/mol. The number of aromatic carboxylic acids is 1. The molecule has 0 unspecified atom stereocenters. The van der Waals surface area contributed by atoms with Gasteiger partial charge in [0.15, 0.2) is 0 Å². The van der Waals surface area contributed by atoms with E-state index in [0.717, 1.165) is 17.1 Å². The zero-order valence-electron chi connectivity index (χ0n) is 10.2. The van der Waals surface area contributed by atoms with E-state index in [1.807, 2.05) is 0 Å². The second kappa shape index (κ2) is 4.89. The van der Waals surface area contributed by atoms with E-state index >= 15 is 0 Å². The average molecular weight is 290 g/mol. The minimum Gasteiger partial charge on any atom is -0.478 e. The van der Waals surface area contributed by atoms with E-state index in [4.69, 9.17) is 5.11 Å². The van der Waals surface area contributed by atoms with Gasteiger partial charge in [-0.3, -0.25) is 10.2 Å². The molecule has 3 rings (SSSR count). The van der Waals surface area contributed by atoms with Gasteiger partial charge >= 0.3 is 12.0 Å². The van der Waals surface area contributed by atoms with E-state index < -0.39 is 5.97 Å². The molecule has 2 aromatic rings. The summed E-state index contributed by atoms with van der Waals surface area (Å²) in [6.45, 7) is 0.524. The Morgan fingerprint density at radius 3 is 2.95 bits per heavy atom. The van der Waals surface area contributed by atoms with Gasteiger partial charge in [-0.25, -0.2) is 9.59 Å². The van der Waals surface area contributed by atoms with Gasteiger partial charge in [0.25, 0.3) is 0 Å². The van der Waals surface area contributed by atoms with Crippen LogP contribution in [0.2, 0.25) is 0 Å². The zero-order valence-corrected chi connectivity index (χ0v) is 11.1. The van der Waals surface area contributed by atoms with Gasteiger partial charge < -0.3 is 5.11 Å². The van der Waals surface area contributed by atoms with Crippen LogP contribution in [0.5, 0.6) is 0 Å². The summed E-state index contributed by atoms with van der Waals surface area (Å²) in [6.07, 6.45) is 2.18. The fourth-order valence-electron chi connectivity index (χ4n) is 2.12. The molecule has 0 fully saturated rings. The van der Waals surface area contributed by atoms with Crippen LogP contribution in [0.4, 0.5) is 15.5 Å². The largest absolute Gasteiger partial charge is 0.478 e. The molecular formula is C12H10N4O3S. The van der Waals surface area contributed by atoms with Crippen molar-refractivity contribution in [3.63, 3.8) is 0 Å². The van der Waals surface area contributed by atoms with Crippen LogP contribution in [0.25, 0.3) is 0 Å². The molecule has 20 heavy (non-hydrogen) atoms. The van der Waals surface area contributed by atoms with Crippen LogP contribution in [0, 0.1) is 0 Å². The van der Waals surface area contributed by atoms with Gasteiger partial charge in [0, 0.05) is 23.8 Å². The predicted octanol–water partition coefficient (Wildman–Crippen LogP) is 1.83. The maximum absolute atomic E-state index is 12.2. The minimum absolute atomic E-state index is 0.169. The summed E-state index contributed by atoms with van der Waals surface area (Å²) < 4.78 is 3.66. The third kappa shape index (κ3) is 2.21. The number of aromatic nitrogens is 2. The summed E-state index contributed by atoms with van der Waals surface area (Å²) in [5.74, 6) is -1.01. The highest BCUT2D eigenvalue weighted by atomic mass is 32.1. The van der Waals surface area contributed by atoms with Crippen LogP contribution in [0.15, 0.2) is 24.4 Å². The summed E-state index contributed by atoms with van der Waals surface area (Å²) >= 11 is 1.09. The minimum atomic E-state index is -1.01. The standard InChI is InChI=1S/C12H10N4O3S/c17-11(18)8-2-1-7-3-4-16(9(7)5-8)12(19)14-10-6-13-15-20-10/h1-2,5-6H,3-4H2,(H,14,19)(H,17,18). The third-order valence-corrected chi connectivity index (χ3v) is 3.64. The molecule has 0 spiro atoms. The first-order valence-corrected chi connectivity index (χ1v) is 6.64. The van der Waals surface area contributed by atoms with Gasteiger partial charge in [-0.2, -0.15) is 0 Å². The number of carboxylic acid groups (broad SMARTS) is 1. The van der Waals surface area contributed by atoms with E-state index in [1.165, 1.54) is 17.2 Å². The maximum atomic E-state index is 12.2. The van der Waals surface area contributed by atoms with E-state index in [0.29, 0.717) is 23.7 Å². The van der Waals surface area contributed by atoms with Crippen molar-refractivity contribution in [2.75, 3.05) is 16.8 Å². The van der Waals surface area contributed by atoms with Crippen molar-refractivity contribution in [1.82, 2.24) is 9.59 Å². The summed E-state index contributed by atoms with van der Waals surface area (Å²) in [5.41, 5.74) is 1.77. The smallest absolute Gasteiger partial charge is 0.335 e. The average Bonchev–Trinajstić information content (AvgIpc) is 3.06. The third-order valence-electron chi connectivity index (χ3n) is 3.06. The summed E-state index contributed by atoms with van der Waals surface area (Å²) in [6, 6.07) is 4.52. The van der Waals surface area contributed by atoms with Crippen molar-refractivity contribution < 1.29 is 14.7 Å². The van der Waals surface area contributed by atoms with Gasteiger partial charge in [0.1, 0.15) is 5.00 Å². The number of nitrogens with zero attached hydrogens (tertiary/aromatic N) is 3. The lowest BCUT2D eigenvalue weighted by atomic mass is 10.1. The number of carbonyl (C=O) groups is 2. The Bertz CT molecular complexity index is 671. The van der Waals surface area contributed by atoms with Crippen LogP contribution in [0.1, 0.15) is 15.9 Å². The van der Waals surface area contributed by atoms with Crippen LogP contribution in [-0.2, 0) is 6.42 Å². The monoisotopic (exact) mass is 290 g/mol. The van der Waals surface area contributed by atoms with E-state index in [2.05, 4.69) is 14.9 Å². The highest BCUT2D eigenvalue weighted by molar-refractivity contribution is 7.10. The number of fused-ring (bicyclic) bond motifs is 1. The SMILES string of the molecule is O=C(O)c1ccc2c(c1)N(C(=O)Nc1cnns1)CC2. The Labute approximate surface area is 118 Å². The second-order valence-electron chi connectivity index (χ2n) is 4.26. The molecule has 0 atom stereocenters. The maximum Gasteiger partial charge on any atom is 0.335 e. The normalized spacial score (nSPS) is 13.1. The summed E-state index contributed by atoms with van der Waals surface area (Å²) in [7, 11) is 0. The van der Waals surface area contributed by atoms with Crippen LogP contribution in [0.3, 0.4) is 0 Å². The molecule has 1 aromatic carbocycles. The lowest BCUT2D eigenvalue weighted by Gasteiger charge is -2.17. The van der Waals surface area contributed by atoms with E-state index in [1.54, 1.807) is 12.1 Å². The highest BCUT2D eigenvalue weighted by Crippen LogP contribution is 2.29. The number of carboxylic acids is 1. The zero-order chi connectivity index (χ0) is 14.1. The topological polar surface area (TPSA) is 95.4 Å². The van der Waals surface area contributed by atoms with Gasteiger partial charge in [-0.05, 0) is 24.1 Å².